The zero-order valence-corrected chi connectivity index (χ0v) is 8.35. The van der Waals surface area contributed by atoms with Crippen molar-refractivity contribution >= 4 is 0 Å². The maximum absolute atomic E-state index is 5.41. The fourth-order valence-electron chi connectivity index (χ4n) is 1.89. The number of rotatable bonds is 2. The second kappa shape index (κ2) is 3.49. The van der Waals surface area contributed by atoms with E-state index in [0.29, 0.717) is 6.04 Å². The van der Waals surface area contributed by atoms with Crippen molar-refractivity contribution in [1.29, 1.82) is 0 Å². The van der Waals surface area contributed by atoms with Crippen molar-refractivity contribution in [2.75, 3.05) is 0 Å². The summed E-state index contributed by atoms with van der Waals surface area (Å²) in [5.74, 6) is 3.64. The van der Waals surface area contributed by atoms with E-state index in [4.69, 9.17) is 6.42 Å². The van der Waals surface area contributed by atoms with Gasteiger partial charge in [0.1, 0.15) is 0 Å². The Balaban J connectivity index is 2.38. The van der Waals surface area contributed by atoms with Gasteiger partial charge in [0.2, 0.25) is 0 Å². The molecule has 0 heterocycles. The molecule has 0 aliphatic heterocycles. The van der Waals surface area contributed by atoms with Crippen LogP contribution in [0.2, 0.25) is 0 Å². The molecular formula is C11H19N. The third-order valence-electron chi connectivity index (χ3n) is 2.62. The Morgan fingerprint density at radius 3 is 2.50 bits per heavy atom. The van der Waals surface area contributed by atoms with Crippen LogP contribution in [0.4, 0.5) is 0 Å². The van der Waals surface area contributed by atoms with Gasteiger partial charge in [-0.05, 0) is 39.0 Å². The van der Waals surface area contributed by atoms with Crippen molar-refractivity contribution in [3.63, 3.8) is 0 Å². The maximum Gasteiger partial charge on any atom is 0.0743 e. The highest BCUT2D eigenvalue weighted by Gasteiger charge is 2.25. The number of nitrogens with one attached hydrogen (secondary N) is 1. The highest BCUT2D eigenvalue weighted by Crippen LogP contribution is 2.25. The molecule has 1 N–H and O–H groups in total. The molecule has 0 aromatic heterocycles. The normalized spacial score (nSPS) is 30.2. The molecule has 1 fully saturated rings. The molecule has 0 bridgehead atoms. The summed E-state index contributed by atoms with van der Waals surface area (Å²) in [6, 6.07) is 0.644. The van der Waals surface area contributed by atoms with Crippen LogP contribution in [0.1, 0.15) is 40.0 Å². The minimum Gasteiger partial charge on any atom is -0.299 e. The molecule has 0 radical (unpaired) electrons. The minimum absolute atomic E-state index is 0.130. The summed E-state index contributed by atoms with van der Waals surface area (Å²) in [5, 5.41) is 3.50. The Morgan fingerprint density at radius 2 is 2.08 bits per heavy atom. The molecule has 1 nitrogen and oxygen atoms in total. The summed E-state index contributed by atoms with van der Waals surface area (Å²) >= 11 is 0. The van der Waals surface area contributed by atoms with Gasteiger partial charge in [-0.1, -0.05) is 12.8 Å². The van der Waals surface area contributed by atoms with Gasteiger partial charge in [0.25, 0.3) is 0 Å². The zero-order chi connectivity index (χ0) is 9.19. The van der Waals surface area contributed by atoms with Gasteiger partial charge in [0.15, 0.2) is 0 Å². The maximum atomic E-state index is 5.41. The average Bonchev–Trinajstić information content (AvgIpc) is 2.35. The Hall–Kier alpha value is -0.480. The van der Waals surface area contributed by atoms with Gasteiger partial charge in [0, 0.05) is 6.04 Å². The largest absolute Gasteiger partial charge is 0.299 e. The molecule has 0 aromatic rings. The van der Waals surface area contributed by atoms with E-state index >= 15 is 0 Å². The van der Waals surface area contributed by atoms with Crippen LogP contribution in [-0.4, -0.2) is 11.6 Å². The summed E-state index contributed by atoms with van der Waals surface area (Å²) in [5.41, 5.74) is -0.130. The van der Waals surface area contributed by atoms with E-state index < -0.39 is 0 Å². The minimum atomic E-state index is -0.130. The first kappa shape index (κ1) is 9.61. The van der Waals surface area contributed by atoms with Crippen LogP contribution in [0.15, 0.2) is 0 Å². The molecule has 12 heavy (non-hydrogen) atoms. The van der Waals surface area contributed by atoms with Gasteiger partial charge in [-0.2, -0.15) is 0 Å². The van der Waals surface area contributed by atoms with E-state index in [-0.39, 0.29) is 5.54 Å². The third kappa shape index (κ3) is 2.53. The van der Waals surface area contributed by atoms with Crippen LogP contribution >= 0.6 is 0 Å². The lowest BCUT2D eigenvalue weighted by Crippen LogP contribution is -2.43. The monoisotopic (exact) mass is 165 g/mol. The van der Waals surface area contributed by atoms with E-state index in [1.165, 1.54) is 19.3 Å². The predicted octanol–water partition coefficient (Wildman–Crippen LogP) is 2.18. The van der Waals surface area contributed by atoms with Gasteiger partial charge < -0.3 is 0 Å². The van der Waals surface area contributed by atoms with Gasteiger partial charge in [-0.3, -0.25) is 5.32 Å². The molecule has 1 aliphatic rings. The molecular weight excluding hydrogens is 146 g/mol. The lowest BCUT2D eigenvalue weighted by atomic mass is 10.0. The Morgan fingerprint density at radius 1 is 1.42 bits per heavy atom. The molecule has 2 atom stereocenters. The van der Waals surface area contributed by atoms with Crippen molar-refractivity contribution in [2.24, 2.45) is 5.92 Å². The zero-order valence-electron chi connectivity index (χ0n) is 8.35. The Labute approximate surface area is 75.9 Å². The van der Waals surface area contributed by atoms with E-state index in [9.17, 15) is 0 Å². The summed E-state index contributed by atoms with van der Waals surface area (Å²) in [6.45, 7) is 6.44. The first-order valence-corrected chi connectivity index (χ1v) is 4.79. The summed E-state index contributed by atoms with van der Waals surface area (Å²) in [6.07, 6.45) is 9.32. The second-order valence-electron chi connectivity index (χ2n) is 4.53. The molecule has 0 amide bonds. The van der Waals surface area contributed by atoms with Gasteiger partial charge in [-0.15, -0.1) is 6.42 Å². The molecule has 0 saturated heterocycles. The fraction of sp³-hybridized carbons (Fsp3) is 0.818. The lowest BCUT2D eigenvalue weighted by molar-refractivity contribution is 0.400. The molecule has 0 aromatic carbocycles. The van der Waals surface area contributed by atoms with Crippen LogP contribution < -0.4 is 5.32 Å². The van der Waals surface area contributed by atoms with Gasteiger partial charge in [-0.25, -0.2) is 0 Å². The Kier molecular flexibility index (Phi) is 2.80. The molecule has 0 spiro atoms. The van der Waals surface area contributed by atoms with Crippen LogP contribution in [0, 0.1) is 18.3 Å². The van der Waals surface area contributed by atoms with E-state index in [1.54, 1.807) is 0 Å². The number of hydrogen-bond acceptors (Lipinski definition) is 1. The van der Waals surface area contributed by atoms with E-state index in [1.807, 2.05) is 0 Å². The molecule has 1 saturated carbocycles. The van der Waals surface area contributed by atoms with Crippen LogP contribution in [0.3, 0.4) is 0 Å². The van der Waals surface area contributed by atoms with Crippen molar-refractivity contribution in [3.8, 4) is 12.3 Å². The number of hydrogen-bond donors (Lipinski definition) is 1. The molecule has 2 unspecified atom stereocenters. The Bertz CT molecular complexity index is 188. The van der Waals surface area contributed by atoms with Gasteiger partial charge in [0.05, 0.1) is 5.54 Å². The lowest BCUT2D eigenvalue weighted by Gasteiger charge is -2.24. The van der Waals surface area contributed by atoms with Crippen molar-refractivity contribution in [2.45, 2.75) is 51.6 Å². The number of terminal acetylenes is 1. The standard InChI is InChI=1S/C11H19N/c1-5-11(3,4)12-10-7-6-9(2)8-10/h1,9-10,12H,6-8H2,2-4H3. The molecule has 68 valence electrons. The topological polar surface area (TPSA) is 12.0 Å². The van der Waals surface area contributed by atoms with Crippen LogP contribution in [0.25, 0.3) is 0 Å². The highest BCUT2D eigenvalue weighted by molar-refractivity contribution is 5.08. The summed E-state index contributed by atoms with van der Waals surface area (Å²) in [7, 11) is 0. The molecule has 1 aliphatic carbocycles. The smallest absolute Gasteiger partial charge is 0.0743 e. The summed E-state index contributed by atoms with van der Waals surface area (Å²) < 4.78 is 0. The van der Waals surface area contributed by atoms with Crippen LogP contribution in [-0.2, 0) is 0 Å². The summed E-state index contributed by atoms with van der Waals surface area (Å²) in [4.78, 5) is 0. The van der Waals surface area contributed by atoms with E-state index in [0.717, 1.165) is 5.92 Å². The van der Waals surface area contributed by atoms with Crippen molar-refractivity contribution in [1.82, 2.24) is 5.32 Å². The van der Waals surface area contributed by atoms with Crippen molar-refractivity contribution in [3.05, 3.63) is 0 Å². The molecule has 1 rings (SSSR count). The van der Waals surface area contributed by atoms with E-state index in [2.05, 4.69) is 32.0 Å². The SMILES string of the molecule is C#CC(C)(C)NC1CCC(C)C1. The molecule has 1 heteroatoms. The van der Waals surface area contributed by atoms with Crippen molar-refractivity contribution < 1.29 is 0 Å². The average molecular weight is 165 g/mol. The van der Waals surface area contributed by atoms with Crippen LogP contribution in [0.5, 0.6) is 0 Å². The second-order valence-corrected chi connectivity index (χ2v) is 4.53. The van der Waals surface area contributed by atoms with Gasteiger partial charge >= 0.3 is 0 Å². The highest BCUT2D eigenvalue weighted by atomic mass is 15.0. The fourth-order valence-corrected chi connectivity index (χ4v) is 1.89. The third-order valence-corrected chi connectivity index (χ3v) is 2.62. The first-order chi connectivity index (χ1) is 5.53. The first-order valence-electron chi connectivity index (χ1n) is 4.79. The predicted molar refractivity (Wildman–Crippen MR) is 52.9 cm³/mol. The quantitative estimate of drug-likeness (QED) is 0.618.